The predicted octanol–water partition coefficient (Wildman–Crippen LogP) is 4.45. The first kappa shape index (κ1) is 11.1. The molecule has 13 heavy (non-hydrogen) atoms. The molecular formula is C11H14BrCl. The van der Waals surface area contributed by atoms with Gasteiger partial charge in [0.25, 0.3) is 0 Å². The van der Waals surface area contributed by atoms with Crippen LogP contribution in [0.15, 0.2) is 24.3 Å². The lowest BCUT2D eigenvalue weighted by Crippen LogP contribution is -1.97. The average molecular weight is 262 g/mol. The molecule has 0 amide bonds. The van der Waals surface area contributed by atoms with Crippen LogP contribution in [0.1, 0.15) is 25.3 Å². The van der Waals surface area contributed by atoms with Gasteiger partial charge in [0, 0.05) is 9.85 Å². The molecule has 72 valence electrons. The normalized spacial score (nSPS) is 12.8. The van der Waals surface area contributed by atoms with Gasteiger partial charge in [0.05, 0.1) is 0 Å². The van der Waals surface area contributed by atoms with Gasteiger partial charge in [-0.05, 0) is 37.0 Å². The topological polar surface area (TPSA) is 0 Å². The smallest absolute Gasteiger partial charge is 0.0406 e. The molecule has 0 heterocycles. The first-order valence-corrected chi connectivity index (χ1v) is 5.90. The van der Waals surface area contributed by atoms with Crippen molar-refractivity contribution >= 4 is 27.5 Å². The van der Waals surface area contributed by atoms with Crippen molar-refractivity contribution in [3.8, 4) is 0 Å². The molecule has 0 saturated carbocycles. The molecule has 0 spiro atoms. The second-order valence-corrected chi connectivity index (χ2v) is 4.90. The lowest BCUT2D eigenvalue weighted by atomic mass is 10.1. The molecule has 0 nitrogen and oxygen atoms in total. The summed E-state index contributed by atoms with van der Waals surface area (Å²) < 4.78 is 0. The Morgan fingerprint density at radius 2 is 1.92 bits per heavy atom. The zero-order valence-corrected chi connectivity index (χ0v) is 10.1. The van der Waals surface area contributed by atoms with E-state index in [2.05, 4.69) is 35.0 Å². The fourth-order valence-corrected chi connectivity index (χ4v) is 1.53. The number of benzene rings is 1. The highest BCUT2D eigenvalue weighted by Crippen LogP contribution is 2.15. The Balaban J connectivity index is 2.41. The number of aryl methyl sites for hydroxylation is 1. The third-order valence-corrected chi connectivity index (χ3v) is 3.46. The van der Waals surface area contributed by atoms with Crippen LogP contribution in [0.4, 0.5) is 0 Å². The molecule has 0 saturated heterocycles. The number of rotatable bonds is 4. The van der Waals surface area contributed by atoms with Gasteiger partial charge in [0.1, 0.15) is 0 Å². The Bertz CT molecular complexity index is 243. The molecule has 1 atom stereocenters. The van der Waals surface area contributed by atoms with E-state index in [0.29, 0.717) is 4.83 Å². The highest BCUT2D eigenvalue weighted by molar-refractivity contribution is 9.09. The van der Waals surface area contributed by atoms with Gasteiger partial charge in [-0.1, -0.05) is 46.6 Å². The second kappa shape index (κ2) is 5.66. The number of hydrogen-bond donors (Lipinski definition) is 0. The van der Waals surface area contributed by atoms with E-state index in [0.717, 1.165) is 11.4 Å². The molecular weight excluding hydrogens is 247 g/mol. The number of alkyl halides is 1. The minimum Gasteiger partial charge on any atom is -0.0891 e. The number of halogens is 2. The van der Waals surface area contributed by atoms with Crippen LogP contribution in [0.5, 0.6) is 0 Å². The maximum Gasteiger partial charge on any atom is 0.0406 e. The summed E-state index contributed by atoms with van der Waals surface area (Å²) in [5.41, 5.74) is 1.36. The van der Waals surface area contributed by atoms with Crippen LogP contribution < -0.4 is 0 Å². The zero-order valence-electron chi connectivity index (χ0n) is 7.76. The third kappa shape index (κ3) is 4.15. The van der Waals surface area contributed by atoms with Crippen LogP contribution in [-0.4, -0.2) is 4.83 Å². The van der Waals surface area contributed by atoms with Crippen LogP contribution in [0.25, 0.3) is 0 Å². The molecule has 1 aromatic carbocycles. The monoisotopic (exact) mass is 260 g/mol. The van der Waals surface area contributed by atoms with Gasteiger partial charge < -0.3 is 0 Å². The van der Waals surface area contributed by atoms with Crippen molar-refractivity contribution in [3.05, 3.63) is 34.9 Å². The molecule has 0 bridgehead atoms. The Kier molecular flexibility index (Phi) is 4.82. The van der Waals surface area contributed by atoms with Crippen molar-refractivity contribution in [1.29, 1.82) is 0 Å². The zero-order chi connectivity index (χ0) is 9.68. The molecule has 1 unspecified atom stereocenters. The summed E-state index contributed by atoms with van der Waals surface area (Å²) in [7, 11) is 0. The summed E-state index contributed by atoms with van der Waals surface area (Å²) in [4.78, 5) is 0.642. The molecule has 0 aliphatic rings. The van der Waals surface area contributed by atoms with Crippen molar-refractivity contribution < 1.29 is 0 Å². The molecule has 0 aliphatic heterocycles. The second-order valence-electron chi connectivity index (χ2n) is 3.17. The summed E-state index contributed by atoms with van der Waals surface area (Å²) in [6, 6.07) is 8.09. The molecule has 2 heteroatoms. The van der Waals surface area contributed by atoms with Crippen LogP contribution in [-0.2, 0) is 6.42 Å². The quantitative estimate of drug-likeness (QED) is 0.703. The summed E-state index contributed by atoms with van der Waals surface area (Å²) in [6.45, 7) is 2.20. The molecule has 0 fully saturated rings. The first-order valence-electron chi connectivity index (χ1n) is 4.61. The molecule has 0 aliphatic carbocycles. The third-order valence-electron chi connectivity index (χ3n) is 2.10. The maximum atomic E-state index is 5.79. The van der Waals surface area contributed by atoms with Gasteiger partial charge in [-0.25, -0.2) is 0 Å². The fraction of sp³-hybridized carbons (Fsp3) is 0.455. The minimum atomic E-state index is 0.642. The first-order chi connectivity index (χ1) is 6.22. The summed E-state index contributed by atoms with van der Waals surface area (Å²) >= 11 is 9.42. The highest BCUT2D eigenvalue weighted by atomic mass is 79.9. The van der Waals surface area contributed by atoms with Crippen LogP contribution in [0.2, 0.25) is 5.02 Å². The maximum absolute atomic E-state index is 5.79. The van der Waals surface area contributed by atoms with Crippen LogP contribution in [0.3, 0.4) is 0 Å². The van der Waals surface area contributed by atoms with Crippen LogP contribution in [0, 0.1) is 0 Å². The van der Waals surface area contributed by atoms with Gasteiger partial charge >= 0.3 is 0 Å². The molecule has 0 N–H and O–H groups in total. The van der Waals surface area contributed by atoms with E-state index >= 15 is 0 Å². The number of hydrogen-bond acceptors (Lipinski definition) is 0. The van der Waals surface area contributed by atoms with E-state index < -0.39 is 0 Å². The van der Waals surface area contributed by atoms with Crippen molar-refractivity contribution in [3.63, 3.8) is 0 Å². The van der Waals surface area contributed by atoms with Crippen molar-refractivity contribution in [2.45, 2.75) is 31.0 Å². The molecule has 0 radical (unpaired) electrons. The van der Waals surface area contributed by atoms with E-state index in [9.17, 15) is 0 Å². The lowest BCUT2D eigenvalue weighted by Gasteiger charge is -2.06. The largest absolute Gasteiger partial charge is 0.0891 e. The highest BCUT2D eigenvalue weighted by Gasteiger charge is 2.00. The van der Waals surface area contributed by atoms with Crippen LogP contribution >= 0.6 is 27.5 Å². The van der Waals surface area contributed by atoms with Gasteiger partial charge in [-0.2, -0.15) is 0 Å². The standard InChI is InChI=1S/C11H14BrCl/c1-2-10(12)6-3-9-4-7-11(13)8-5-9/h4-5,7-8,10H,2-3,6H2,1H3. The Morgan fingerprint density at radius 1 is 1.31 bits per heavy atom. The van der Waals surface area contributed by atoms with Crippen molar-refractivity contribution in [1.82, 2.24) is 0 Å². The van der Waals surface area contributed by atoms with Gasteiger partial charge in [-0.3, -0.25) is 0 Å². The van der Waals surface area contributed by atoms with Gasteiger partial charge in [-0.15, -0.1) is 0 Å². The van der Waals surface area contributed by atoms with E-state index in [1.807, 2.05) is 12.1 Å². The Hall–Kier alpha value is -0.0100. The Labute approximate surface area is 93.4 Å². The summed E-state index contributed by atoms with van der Waals surface area (Å²) in [5.74, 6) is 0. The molecule has 1 rings (SSSR count). The van der Waals surface area contributed by atoms with E-state index in [-0.39, 0.29) is 0 Å². The lowest BCUT2D eigenvalue weighted by molar-refractivity contribution is 0.746. The minimum absolute atomic E-state index is 0.642. The van der Waals surface area contributed by atoms with Gasteiger partial charge in [0.2, 0.25) is 0 Å². The van der Waals surface area contributed by atoms with E-state index in [1.54, 1.807) is 0 Å². The average Bonchev–Trinajstić information content (AvgIpc) is 2.16. The Morgan fingerprint density at radius 3 is 2.46 bits per heavy atom. The fourth-order valence-electron chi connectivity index (χ4n) is 1.18. The SMILES string of the molecule is CCC(Br)CCc1ccc(Cl)cc1. The van der Waals surface area contributed by atoms with Gasteiger partial charge in [0.15, 0.2) is 0 Å². The van der Waals surface area contributed by atoms with E-state index in [4.69, 9.17) is 11.6 Å². The summed E-state index contributed by atoms with van der Waals surface area (Å²) in [5, 5.41) is 0.814. The van der Waals surface area contributed by atoms with E-state index in [1.165, 1.54) is 18.4 Å². The summed E-state index contributed by atoms with van der Waals surface area (Å²) in [6.07, 6.45) is 3.51. The molecule has 0 aromatic heterocycles. The predicted molar refractivity (Wildman–Crippen MR) is 62.8 cm³/mol. The van der Waals surface area contributed by atoms with Crippen molar-refractivity contribution in [2.75, 3.05) is 0 Å². The van der Waals surface area contributed by atoms with Crippen molar-refractivity contribution in [2.24, 2.45) is 0 Å². The molecule has 1 aromatic rings.